The number of ether oxygens (including phenoxy) is 2. The molecule has 0 radical (unpaired) electrons. The first kappa shape index (κ1) is 13.2. The highest BCUT2D eigenvalue weighted by molar-refractivity contribution is 5.78. The standard InChI is InChI=1S/C15H19NO4/c17-10-14(18)16-15(5-1-2-6-15)11-3-4-12-13(9-11)20-8-7-19-12/h3-4,9,17H,1-2,5-8,10H2,(H,16,18). The molecule has 1 aromatic rings. The summed E-state index contributed by atoms with van der Waals surface area (Å²) < 4.78 is 11.1. The molecule has 0 spiro atoms. The van der Waals surface area contributed by atoms with Gasteiger partial charge in [0.2, 0.25) is 5.91 Å². The summed E-state index contributed by atoms with van der Waals surface area (Å²) in [6.45, 7) is 0.636. The Labute approximate surface area is 117 Å². The predicted octanol–water partition coefficient (Wildman–Crippen LogP) is 1.34. The van der Waals surface area contributed by atoms with E-state index in [1.54, 1.807) is 0 Å². The molecule has 5 heteroatoms. The van der Waals surface area contributed by atoms with Crippen molar-refractivity contribution in [1.29, 1.82) is 0 Å². The molecule has 1 amide bonds. The SMILES string of the molecule is O=C(CO)NC1(c2ccc3c(c2)OCCO3)CCCC1. The number of aliphatic hydroxyl groups excluding tert-OH is 1. The van der Waals surface area contributed by atoms with Crippen molar-refractivity contribution in [3.8, 4) is 11.5 Å². The minimum absolute atomic E-state index is 0.332. The van der Waals surface area contributed by atoms with Gasteiger partial charge in [-0.3, -0.25) is 4.79 Å². The maximum Gasteiger partial charge on any atom is 0.246 e. The van der Waals surface area contributed by atoms with Gasteiger partial charge in [0.25, 0.3) is 0 Å². The number of benzene rings is 1. The molecule has 1 saturated carbocycles. The number of fused-ring (bicyclic) bond motifs is 1. The fourth-order valence-corrected chi connectivity index (χ4v) is 3.11. The number of aliphatic hydroxyl groups is 1. The monoisotopic (exact) mass is 277 g/mol. The lowest BCUT2D eigenvalue weighted by atomic mass is 9.87. The van der Waals surface area contributed by atoms with Crippen molar-refractivity contribution < 1.29 is 19.4 Å². The number of hydrogen-bond acceptors (Lipinski definition) is 4. The molecule has 1 heterocycles. The van der Waals surface area contributed by atoms with Crippen LogP contribution in [0.4, 0.5) is 0 Å². The lowest BCUT2D eigenvalue weighted by molar-refractivity contribution is -0.125. The Hall–Kier alpha value is -1.75. The molecule has 0 saturated heterocycles. The Bertz CT molecular complexity index is 509. The Kier molecular flexibility index (Phi) is 3.53. The third-order valence-electron chi connectivity index (χ3n) is 4.07. The van der Waals surface area contributed by atoms with Crippen LogP contribution in [0.1, 0.15) is 31.2 Å². The second-order valence-corrected chi connectivity index (χ2v) is 5.35. The summed E-state index contributed by atoms with van der Waals surface area (Å²) in [7, 11) is 0. The van der Waals surface area contributed by atoms with Crippen molar-refractivity contribution in [1.82, 2.24) is 5.32 Å². The van der Waals surface area contributed by atoms with Gasteiger partial charge in [-0.1, -0.05) is 18.9 Å². The van der Waals surface area contributed by atoms with Gasteiger partial charge in [-0.05, 0) is 30.5 Å². The molecule has 5 nitrogen and oxygen atoms in total. The fourth-order valence-electron chi connectivity index (χ4n) is 3.11. The van der Waals surface area contributed by atoms with Crippen LogP contribution in [-0.2, 0) is 10.3 Å². The summed E-state index contributed by atoms with van der Waals surface area (Å²) in [5, 5.41) is 12.0. The van der Waals surface area contributed by atoms with Gasteiger partial charge in [-0.25, -0.2) is 0 Å². The van der Waals surface area contributed by atoms with Crippen molar-refractivity contribution in [2.24, 2.45) is 0 Å². The maximum atomic E-state index is 11.6. The van der Waals surface area contributed by atoms with Gasteiger partial charge in [0.05, 0.1) is 5.54 Å². The lowest BCUT2D eigenvalue weighted by Crippen LogP contribution is -2.45. The Morgan fingerprint density at radius 1 is 1.20 bits per heavy atom. The Morgan fingerprint density at radius 3 is 2.60 bits per heavy atom. The highest BCUT2D eigenvalue weighted by Gasteiger charge is 2.37. The summed E-state index contributed by atoms with van der Waals surface area (Å²) in [5.41, 5.74) is 0.649. The van der Waals surface area contributed by atoms with E-state index in [2.05, 4.69) is 5.32 Å². The van der Waals surface area contributed by atoms with Gasteiger partial charge < -0.3 is 19.9 Å². The maximum absolute atomic E-state index is 11.6. The molecule has 1 aromatic carbocycles. The van der Waals surface area contributed by atoms with E-state index in [9.17, 15) is 4.79 Å². The number of carbonyl (C=O) groups excluding carboxylic acids is 1. The number of hydrogen-bond donors (Lipinski definition) is 2. The van der Waals surface area contributed by atoms with Crippen LogP contribution in [0, 0.1) is 0 Å². The average Bonchev–Trinajstić information content (AvgIpc) is 2.96. The second kappa shape index (κ2) is 5.32. The van der Waals surface area contributed by atoms with E-state index in [-0.39, 0.29) is 11.4 Å². The molecule has 108 valence electrons. The molecule has 2 aliphatic rings. The van der Waals surface area contributed by atoms with E-state index in [0.717, 1.165) is 42.7 Å². The molecular formula is C15H19NO4. The van der Waals surface area contributed by atoms with Crippen LogP contribution in [0.25, 0.3) is 0 Å². The van der Waals surface area contributed by atoms with E-state index in [1.165, 1.54) is 0 Å². The first-order chi connectivity index (χ1) is 9.73. The Morgan fingerprint density at radius 2 is 1.90 bits per heavy atom. The quantitative estimate of drug-likeness (QED) is 0.875. The smallest absolute Gasteiger partial charge is 0.246 e. The molecule has 3 rings (SSSR count). The molecule has 1 aliphatic heterocycles. The highest BCUT2D eigenvalue weighted by atomic mass is 16.6. The third kappa shape index (κ3) is 2.33. The number of nitrogens with one attached hydrogen (secondary N) is 1. The van der Waals surface area contributed by atoms with Crippen LogP contribution < -0.4 is 14.8 Å². The second-order valence-electron chi connectivity index (χ2n) is 5.35. The largest absolute Gasteiger partial charge is 0.486 e. The van der Waals surface area contributed by atoms with E-state index < -0.39 is 6.61 Å². The highest BCUT2D eigenvalue weighted by Crippen LogP contribution is 2.42. The zero-order valence-electron chi connectivity index (χ0n) is 11.4. The van der Waals surface area contributed by atoms with E-state index in [4.69, 9.17) is 14.6 Å². The molecule has 1 aliphatic carbocycles. The van der Waals surface area contributed by atoms with Crippen molar-refractivity contribution in [3.05, 3.63) is 23.8 Å². The molecule has 0 bridgehead atoms. The van der Waals surface area contributed by atoms with Gasteiger partial charge >= 0.3 is 0 Å². The van der Waals surface area contributed by atoms with Gasteiger partial charge in [-0.15, -0.1) is 0 Å². The van der Waals surface area contributed by atoms with Crippen molar-refractivity contribution in [2.75, 3.05) is 19.8 Å². The first-order valence-electron chi connectivity index (χ1n) is 7.05. The van der Waals surface area contributed by atoms with E-state index in [0.29, 0.717) is 13.2 Å². The molecule has 0 aromatic heterocycles. The van der Waals surface area contributed by atoms with Crippen LogP contribution >= 0.6 is 0 Å². The Balaban J connectivity index is 1.93. The number of amides is 1. The van der Waals surface area contributed by atoms with Gasteiger partial charge in [0.1, 0.15) is 19.8 Å². The third-order valence-corrected chi connectivity index (χ3v) is 4.07. The molecule has 20 heavy (non-hydrogen) atoms. The summed E-state index contributed by atoms with van der Waals surface area (Å²) in [5.74, 6) is 1.15. The van der Waals surface area contributed by atoms with Gasteiger partial charge in [0, 0.05) is 0 Å². The van der Waals surface area contributed by atoms with Crippen molar-refractivity contribution in [2.45, 2.75) is 31.2 Å². The van der Waals surface area contributed by atoms with E-state index >= 15 is 0 Å². The van der Waals surface area contributed by atoms with Crippen LogP contribution in [0.3, 0.4) is 0 Å². The minimum Gasteiger partial charge on any atom is -0.486 e. The molecule has 2 N–H and O–H groups in total. The summed E-state index contributed by atoms with van der Waals surface area (Å²) >= 11 is 0. The normalized spacial score (nSPS) is 19.6. The van der Waals surface area contributed by atoms with Crippen molar-refractivity contribution >= 4 is 5.91 Å². The molecule has 0 unspecified atom stereocenters. The number of rotatable bonds is 3. The fraction of sp³-hybridized carbons (Fsp3) is 0.533. The zero-order valence-corrected chi connectivity index (χ0v) is 11.4. The lowest BCUT2D eigenvalue weighted by Gasteiger charge is -2.32. The van der Waals surface area contributed by atoms with Crippen LogP contribution in [0.5, 0.6) is 11.5 Å². The number of carbonyl (C=O) groups is 1. The van der Waals surface area contributed by atoms with Crippen LogP contribution in [0.15, 0.2) is 18.2 Å². The van der Waals surface area contributed by atoms with Crippen LogP contribution in [0.2, 0.25) is 0 Å². The minimum atomic E-state index is -0.480. The zero-order chi connectivity index (χ0) is 14.0. The molecule has 1 fully saturated rings. The summed E-state index contributed by atoms with van der Waals surface area (Å²) in [6.07, 6.45) is 3.91. The predicted molar refractivity (Wildman–Crippen MR) is 72.8 cm³/mol. The van der Waals surface area contributed by atoms with Gasteiger partial charge in [-0.2, -0.15) is 0 Å². The van der Waals surface area contributed by atoms with Crippen molar-refractivity contribution in [3.63, 3.8) is 0 Å². The molecule has 0 atom stereocenters. The first-order valence-corrected chi connectivity index (χ1v) is 7.05. The summed E-state index contributed by atoms with van der Waals surface area (Å²) in [4.78, 5) is 11.6. The van der Waals surface area contributed by atoms with Crippen LogP contribution in [-0.4, -0.2) is 30.8 Å². The summed E-state index contributed by atoms with van der Waals surface area (Å²) in [6, 6.07) is 5.84. The van der Waals surface area contributed by atoms with Gasteiger partial charge in [0.15, 0.2) is 11.5 Å². The molecular weight excluding hydrogens is 258 g/mol. The van der Waals surface area contributed by atoms with E-state index in [1.807, 2.05) is 18.2 Å². The average molecular weight is 277 g/mol. The topological polar surface area (TPSA) is 67.8 Å².